The minimum Gasteiger partial charge on any atom is -0.326 e. The molecule has 1 amide bonds. The third kappa shape index (κ3) is 5.04. The fourth-order valence-corrected chi connectivity index (χ4v) is 4.63. The van der Waals surface area contributed by atoms with Gasteiger partial charge in [0.25, 0.3) is 0 Å². The molecule has 0 aliphatic carbocycles. The van der Waals surface area contributed by atoms with Gasteiger partial charge >= 0.3 is 0 Å². The molecule has 4 rings (SSSR count). The maximum atomic E-state index is 13.8. The molecule has 32 heavy (non-hydrogen) atoms. The summed E-state index contributed by atoms with van der Waals surface area (Å²) in [6, 6.07) is 10.7. The zero-order valence-corrected chi connectivity index (χ0v) is 18.1. The molecule has 1 fully saturated rings. The van der Waals surface area contributed by atoms with E-state index in [1.54, 1.807) is 30.5 Å². The molecular weight excluding hydrogens is 433 g/mol. The van der Waals surface area contributed by atoms with Crippen LogP contribution in [0.2, 0.25) is 0 Å². The number of carbonyl (C=O) groups excluding carboxylic acids is 1. The van der Waals surface area contributed by atoms with Crippen LogP contribution in [-0.2, 0) is 21.2 Å². The number of anilines is 1. The van der Waals surface area contributed by atoms with Crippen LogP contribution in [0.5, 0.6) is 0 Å². The molecule has 4 N–H and O–H groups in total. The van der Waals surface area contributed by atoms with E-state index in [0.717, 1.165) is 25.9 Å². The van der Waals surface area contributed by atoms with Crippen molar-refractivity contribution >= 4 is 21.6 Å². The summed E-state index contributed by atoms with van der Waals surface area (Å²) in [6.07, 6.45) is 5.13. The molecule has 1 aliphatic rings. The molecular formula is C22H24FN5O3S. The third-order valence-corrected chi connectivity index (χ3v) is 6.43. The first-order valence-corrected chi connectivity index (χ1v) is 11.8. The Hall–Kier alpha value is -3.08. The van der Waals surface area contributed by atoms with E-state index in [2.05, 4.69) is 15.7 Å². The van der Waals surface area contributed by atoms with Gasteiger partial charge in [-0.1, -0.05) is 24.3 Å². The predicted octanol–water partition coefficient (Wildman–Crippen LogP) is 2.44. The zero-order valence-electron chi connectivity index (χ0n) is 17.3. The molecule has 8 nitrogen and oxygen atoms in total. The minimum atomic E-state index is -4.08. The SMILES string of the molecule is NS(=O)(=O)c1cc(NC(=O)Cc2ccccc2F)ccc1-c1cnn(C2CCNCC2)c1. The van der Waals surface area contributed by atoms with Crippen LogP contribution in [0.25, 0.3) is 11.1 Å². The molecule has 0 bridgehead atoms. The Labute approximate surface area is 185 Å². The lowest BCUT2D eigenvalue weighted by molar-refractivity contribution is -0.115. The Morgan fingerprint density at radius 1 is 1.22 bits per heavy atom. The third-order valence-electron chi connectivity index (χ3n) is 5.48. The Morgan fingerprint density at radius 2 is 1.97 bits per heavy atom. The lowest BCUT2D eigenvalue weighted by atomic mass is 10.1. The number of aromatic nitrogens is 2. The fraction of sp³-hybridized carbons (Fsp3) is 0.273. The van der Waals surface area contributed by atoms with Gasteiger partial charge in [-0.3, -0.25) is 9.48 Å². The topological polar surface area (TPSA) is 119 Å². The van der Waals surface area contributed by atoms with Crippen molar-refractivity contribution in [3.8, 4) is 11.1 Å². The second kappa shape index (κ2) is 9.19. The van der Waals surface area contributed by atoms with Gasteiger partial charge in [0.1, 0.15) is 5.82 Å². The number of benzene rings is 2. The lowest BCUT2D eigenvalue weighted by Gasteiger charge is -2.22. The number of nitrogens with zero attached hydrogens (tertiary/aromatic N) is 2. The summed E-state index contributed by atoms with van der Waals surface area (Å²) in [5, 5.41) is 15.8. The summed E-state index contributed by atoms with van der Waals surface area (Å²) in [6.45, 7) is 1.81. The van der Waals surface area contributed by atoms with Crippen molar-refractivity contribution in [2.24, 2.45) is 5.14 Å². The van der Waals surface area contributed by atoms with Crippen LogP contribution in [0.4, 0.5) is 10.1 Å². The number of hydrogen-bond donors (Lipinski definition) is 3. The summed E-state index contributed by atoms with van der Waals surface area (Å²) >= 11 is 0. The van der Waals surface area contributed by atoms with Gasteiger partial charge in [-0.15, -0.1) is 0 Å². The number of nitrogens with one attached hydrogen (secondary N) is 2. The highest BCUT2D eigenvalue weighted by atomic mass is 32.2. The number of sulfonamides is 1. The van der Waals surface area contributed by atoms with Gasteiger partial charge in [0.15, 0.2) is 0 Å². The second-order valence-electron chi connectivity index (χ2n) is 7.76. The molecule has 0 atom stereocenters. The normalized spacial score (nSPS) is 14.9. The van der Waals surface area contributed by atoms with E-state index in [1.807, 2.05) is 10.9 Å². The second-order valence-corrected chi connectivity index (χ2v) is 9.29. The van der Waals surface area contributed by atoms with Crippen LogP contribution >= 0.6 is 0 Å². The maximum Gasteiger partial charge on any atom is 0.238 e. The Morgan fingerprint density at radius 3 is 2.69 bits per heavy atom. The highest BCUT2D eigenvalue weighted by Crippen LogP contribution is 2.30. The van der Waals surface area contributed by atoms with Gasteiger partial charge in [0, 0.05) is 23.0 Å². The van der Waals surface area contributed by atoms with Gasteiger partial charge in [0.2, 0.25) is 15.9 Å². The monoisotopic (exact) mass is 457 g/mol. The standard InChI is InChI=1S/C22H24FN5O3S/c23-20-4-2-1-3-15(20)11-22(29)27-17-5-6-19(21(12-17)32(24,30)31)16-13-26-28(14-16)18-7-9-25-10-8-18/h1-6,12-14,18,25H,7-11H2,(H,27,29)(H2,24,30,31). The number of hydrogen-bond acceptors (Lipinski definition) is 5. The first-order valence-electron chi connectivity index (χ1n) is 10.3. The quantitative estimate of drug-likeness (QED) is 0.525. The summed E-state index contributed by atoms with van der Waals surface area (Å²) in [5.41, 5.74) is 1.53. The Kier molecular flexibility index (Phi) is 6.35. The first kappa shape index (κ1) is 22.1. The molecule has 0 unspecified atom stereocenters. The average Bonchev–Trinajstić information content (AvgIpc) is 3.25. The number of primary sulfonamides is 1. The van der Waals surface area contributed by atoms with Gasteiger partial charge in [0.05, 0.1) is 23.6 Å². The van der Waals surface area contributed by atoms with E-state index < -0.39 is 21.7 Å². The summed E-state index contributed by atoms with van der Waals surface area (Å²) in [4.78, 5) is 12.2. The Bertz CT molecular complexity index is 1240. The molecule has 1 saturated heterocycles. The van der Waals surface area contributed by atoms with Crippen LogP contribution in [-0.4, -0.2) is 37.2 Å². The summed E-state index contributed by atoms with van der Waals surface area (Å²) in [7, 11) is -4.08. The van der Waals surface area contributed by atoms with Crippen LogP contribution < -0.4 is 15.8 Å². The maximum absolute atomic E-state index is 13.8. The fourth-order valence-electron chi connectivity index (χ4n) is 3.84. The Balaban J connectivity index is 1.58. The van der Waals surface area contributed by atoms with Crippen molar-refractivity contribution in [1.82, 2.24) is 15.1 Å². The van der Waals surface area contributed by atoms with Crippen molar-refractivity contribution in [2.45, 2.75) is 30.2 Å². The number of piperidine rings is 1. The van der Waals surface area contributed by atoms with Gasteiger partial charge < -0.3 is 10.6 Å². The molecule has 1 aromatic heterocycles. The number of rotatable bonds is 6. The van der Waals surface area contributed by atoms with E-state index >= 15 is 0 Å². The van der Waals surface area contributed by atoms with E-state index in [-0.39, 0.29) is 28.6 Å². The van der Waals surface area contributed by atoms with Crippen molar-refractivity contribution in [3.05, 3.63) is 66.2 Å². The molecule has 3 aromatic rings. The molecule has 0 radical (unpaired) electrons. The van der Waals surface area contributed by atoms with E-state index in [9.17, 15) is 17.6 Å². The highest BCUT2D eigenvalue weighted by molar-refractivity contribution is 7.89. The molecule has 2 aromatic carbocycles. The zero-order chi connectivity index (χ0) is 22.7. The first-order chi connectivity index (χ1) is 15.3. The average molecular weight is 458 g/mol. The minimum absolute atomic E-state index is 0.119. The summed E-state index contributed by atoms with van der Waals surface area (Å²) < 4.78 is 40.2. The molecule has 2 heterocycles. The van der Waals surface area contributed by atoms with Crippen molar-refractivity contribution in [1.29, 1.82) is 0 Å². The smallest absolute Gasteiger partial charge is 0.238 e. The number of nitrogens with two attached hydrogens (primary N) is 1. The van der Waals surface area contributed by atoms with E-state index in [1.165, 1.54) is 18.2 Å². The van der Waals surface area contributed by atoms with E-state index in [0.29, 0.717) is 11.1 Å². The van der Waals surface area contributed by atoms with Crippen molar-refractivity contribution < 1.29 is 17.6 Å². The largest absolute Gasteiger partial charge is 0.326 e. The van der Waals surface area contributed by atoms with Crippen molar-refractivity contribution in [2.75, 3.05) is 18.4 Å². The highest BCUT2D eigenvalue weighted by Gasteiger charge is 2.21. The number of halogens is 1. The molecule has 0 spiro atoms. The lowest BCUT2D eigenvalue weighted by Crippen LogP contribution is -2.29. The van der Waals surface area contributed by atoms with E-state index in [4.69, 9.17) is 5.14 Å². The van der Waals surface area contributed by atoms with Gasteiger partial charge in [-0.2, -0.15) is 5.10 Å². The molecule has 168 valence electrons. The predicted molar refractivity (Wildman–Crippen MR) is 119 cm³/mol. The van der Waals surface area contributed by atoms with Gasteiger partial charge in [-0.05, 0) is 49.7 Å². The van der Waals surface area contributed by atoms with Crippen LogP contribution in [0.15, 0.2) is 59.8 Å². The summed E-state index contributed by atoms with van der Waals surface area (Å²) in [5.74, 6) is -0.948. The molecule has 0 saturated carbocycles. The van der Waals surface area contributed by atoms with Crippen LogP contribution in [0, 0.1) is 5.82 Å². The molecule has 10 heteroatoms. The number of carbonyl (C=O) groups is 1. The van der Waals surface area contributed by atoms with Crippen molar-refractivity contribution in [3.63, 3.8) is 0 Å². The van der Waals surface area contributed by atoms with Crippen LogP contribution in [0.1, 0.15) is 24.4 Å². The van der Waals surface area contributed by atoms with Gasteiger partial charge in [-0.25, -0.2) is 17.9 Å². The molecule has 1 aliphatic heterocycles. The number of amides is 1. The van der Waals surface area contributed by atoms with Crippen LogP contribution in [0.3, 0.4) is 0 Å².